The lowest BCUT2D eigenvalue weighted by atomic mass is 10.1. The van der Waals surface area contributed by atoms with Gasteiger partial charge in [-0.1, -0.05) is 12.1 Å². The van der Waals surface area contributed by atoms with E-state index in [0.29, 0.717) is 4.88 Å². The molecule has 0 aliphatic heterocycles. The van der Waals surface area contributed by atoms with Crippen LogP contribution in [0.3, 0.4) is 0 Å². The molecular weight excluding hydrogens is 286 g/mol. The fourth-order valence-corrected chi connectivity index (χ4v) is 2.94. The molecule has 1 amide bonds. The molecule has 0 fully saturated rings. The monoisotopic (exact) mass is 305 g/mol. The van der Waals surface area contributed by atoms with Crippen LogP contribution in [-0.4, -0.2) is 30.8 Å². The summed E-state index contributed by atoms with van der Waals surface area (Å²) in [6.45, 7) is 3.89. The average molecular weight is 305 g/mol. The summed E-state index contributed by atoms with van der Waals surface area (Å²) in [5.74, 6) is 0.658. The number of amides is 1. The fraction of sp³-hybridized carbons (Fsp3) is 0.312. The number of methoxy groups -OCH3 is 1. The van der Waals surface area contributed by atoms with Crippen LogP contribution in [0.25, 0.3) is 11.1 Å². The summed E-state index contributed by atoms with van der Waals surface area (Å²) in [6.07, 6.45) is -0.545. The van der Waals surface area contributed by atoms with Crippen molar-refractivity contribution >= 4 is 17.2 Å². The topological polar surface area (TPSA) is 58.6 Å². The van der Waals surface area contributed by atoms with Crippen LogP contribution in [0, 0.1) is 6.92 Å². The molecule has 1 aromatic carbocycles. The van der Waals surface area contributed by atoms with Gasteiger partial charge in [-0.2, -0.15) is 0 Å². The van der Waals surface area contributed by atoms with Gasteiger partial charge in [0.1, 0.15) is 5.75 Å². The molecule has 21 heavy (non-hydrogen) atoms. The molecule has 0 aliphatic rings. The lowest BCUT2D eigenvalue weighted by molar-refractivity contribution is 0.0928. The van der Waals surface area contributed by atoms with Crippen LogP contribution >= 0.6 is 11.3 Å². The Kier molecular flexibility index (Phi) is 4.98. The number of nitrogens with one attached hydrogen (secondary N) is 1. The quantitative estimate of drug-likeness (QED) is 0.893. The van der Waals surface area contributed by atoms with Crippen LogP contribution in [0.2, 0.25) is 0 Å². The largest absolute Gasteiger partial charge is 0.497 e. The molecule has 112 valence electrons. The molecule has 0 aliphatic carbocycles. The number of carbonyl (C=O) groups excluding carboxylic acids is 1. The van der Waals surface area contributed by atoms with E-state index >= 15 is 0 Å². The standard InChI is InChI=1S/C16H19NO3S/c1-10(18)9-17-16(19)15-8-14(11(2)21-15)12-4-6-13(20-3)7-5-12/h4-8,10,18H,9H2,1-3H3,(H,17,19). The van der Waals surface area contributed by atoms with E-state index < -0.39 is 6.10 Å². The second-order valence-corrected chi connectivity index (χ2v) is 6.12. The molecule has 2 N–H and O–H groups in total. The Labute approximate surface area is 128 Å². The van der Waals surface area contributed by atoms with Gasteiger partial charge in [0.15, 0.2) is 0 Å². The minimum Gasteiger partial charge on any atom is -0.497 e. The molecule has 1 unspecified atom stereocenters. The number of thiophene rings is 1. The van der Waals surface area contributed by atoms with Gasteiger partial charge < -0.3 is 15.2 Å². The Morgan fingerprint density at radius 1 is 1.38 bits per heavy atom. The summed E-state index contributed by atoms with van der Waals surface area (Å²) < 4.78 is 5.15. The molecular formula is C16H19NO3S. The van der Waals surface area contributed by atoms with Crippen molar-refractivity contribution in [2.24, 2.45) is 0 Å². The third-order valence-electron chi connectivity index (χ3n) is 3.10. The molecule has 1 atom stereocenters. The maximum atomic E-state index is 12.0. The van der Waals surface area contributed by atoms with Crippen molar-refractivity contribution in [2.75, 3.05) is 13.7 Å². The van der Waals surface area contributed by atoms with Gasteiger partial charge in [-0.05, 0) is 43.2 Å². The zero-order valence-electron chi connectivity index (χ0n) is 12.3. The number of ether oxygens (including phenoxy) is 1. The Morgan fingerprint density at radius 3 is 2.62 bits per heavy atom. The van der Waals surface area contributed by atoms with Crippen molar-refractivity contribution in [2.45, 2.75) is 20.0 Å². The highest BCUT2D eigenvalue weighted by Crippen LogP contribution is 2.31. The SMILES string of the molecule is COc1ccc(-c2cc(C(=O)NCC(C)O)sc2C)cc1. The van der Waals surface area contributed by atoms with Crippen molar-refractivity contribution in [1.29, 1.82) is 0 Å². The average Bonchev–Trinajstić information content (AvgIpc) is 2.87. The van der Waals surface area contributed by atoms with Crippen molar-refractivity contribution < 1.29 is 14.6 Å². The van der Waals surface area contributed by atoms with E-state index in [1.807, 2.05) is 37.3 Å². The highest BCUT2D eigenvalue weighted by atomic mass is 32.1. The van der Waals surface area contributed by atoms with Crippen LogP contribution in [-0.2, 0) is 0 Å². The number of carbonyl (C=O) groups is 1. The van der Waals surface area contributed by atoms with Gasteiger partial charge in [0.05, 0.1) is 18.1 Å². The van der Waals surface area contributed by atoms with E-state index in [-0.39, 0.29) is 12.5 Å². The first-order chi connectivity index (χ1) is 10.0. The number of aliphatic hydroxyl groups excluding tert-OH is 1. The molecule has 2 rings (SSSR count). The van der Waals surface area contributed by atoms with Crippen LogP contribution in [0.5, 0.6) is 5.75 Å². The van der Waals surface area contributed by atoms with E-state index in [4.69, 9.17) is 4.74 Å². The van der Waals surface area contributed by atoms with Gasteiger partial charge in [0, 0.05) is 11.4 Å². The first kappa shape index (κ1) is 15.5. The molecule has 0 radical (unpaired) electrons. The highest BCUT2D eigenvalue weighted by molar-refractivity contribution is 7.14. The highest BCUT2D eigenvalue weighted by Gasteiger charge is 2.14. The van der Waals surface area contributed by atoms with Gasteiger partial charge in [0.2, 0.25) is 0 Å². The molecule has 2 aromatic rings. The molecule has 4 nitrogen and oxygen atoms in total. The summed E-state index contributed by atoms with van der Waals surface area (Å²) in [5.41, 5.74) is 2.10. The van der Waals surface area contributed by atoms with Gasteiger partial charge in [-0.15, -0.1) is 11.3 Å². The molecule has 0 saturated heterocycles. The van der Waals surface area contributed by atoms with Gasteiger partial charge in [-0.25, -0.2) is 0 Å². The first-order valence-electron chi connectivity index (χ1n) is 6.72. The summed E-state index contributed by atoms with van der Waals surface area (Å²) in [4.78, 5) is 13.8. The number of hydrogen-bond donors (Lipinski definition) is 2. The number of aryl methyl sites for hydroxylation is 1. The lowest BCUT2D eigenvalue weighted by Gasteiger charge is -2.05. The normalized spacial score (nSPS) is 12.0. The Morgan fingerprint density at radius 2 is 2.05 bits per heavy atom. The van der Waals surface area contributed by atoms with Gasteiger partial charge in [-0.3, -0.25) is 4.79 Å². The smallest absolute Gasteiger partial charge is 0.261 e. The van der Waals surface area contributed by atoms with Crippen LogP contribution in [0.1, 0.15) is 21.5 Å². The Balaban J connectivity index is 2.20. The molecule has 0 spiro atoms. The van der Waals surface area contributed by atoms with Crippen molar-refractivity contribution in [3.05, 3.63) is 40.1 Å². The third-order valence-corrected chi connectivity index (χ3v) is 4.15. The minimum absolute atomic E-state index is 0.149. The summed E-state index contributed by atoms with van der Waals surface area (Å²) in [6, 6.07) is 9.65. The van der Waals surface area contributed by atoms with Crippen LogP contribution in [0.4, 0.5) is 0 Å². The number of hydrogen-bond acceptors (Lipinski definition) is 4. The minimum atomic E-state index is -0.545. The summed E-state index contributed by atoms with van der Waals surface area (Å²) in [7, 11) is 1.63. The van der Waals surface area contributed by atoms with E-state index in [1.165, 1.54) is 11.3 Å². The number of aliphatic hydroxyl groups is 1. The Hall–Kier alpha value is -1.85. The zero-order valence-corrected chi connectivity index (χ0v) is 13.2. The predicted molar refractivity (Wildman–Crippen MR) is 85.1 cm³/mol. The van der Waals surface area contributed by atoms with E-state index in [9.17, 15) is 9.90 Å². The second-order valence-electron chi connectivity index (χ2n) is 4.87. The fourth-order valence-electron chi connectivity index (χ4n) is 1.98. The first-order valence-corrected chi connectivity index (χ1v) is 7.54. The molecule has 0 saturated carbocycles. The van der Waals surface area contributed by atoms with Crippen molar-refractivity contribution in [3.8, 4) is 16.9 Å². The van der Waals surface area contributed by atoms with E-state index in [1.54, 1.807) is 14.0 Å². The molecule has 5 heteroatoms. The van der Waals surface area contributed by atoms with E-state index in [0.717, 1.165) is 21.8 Å². The maximum Gasteiger partial charge on any atom is 0.261 e. The van der Waals surface area contributed by atoms with Crippen LogP contribution < -0.4 is 10.1 Å². The predicted octanol–water partition coefficient (Wildman–Crippen LogP) is 2.84. The number of rotatable bonds is 5. The zero-order chi connectivity index (χ0) is 15.4. The molecule has 1 heterocycles. The van der Waals surface area contributed by atoms with Crippen molar-refractivity contribution in [1.82, 2.24) is 5.32 Å². The second kappa shape index (κ2) is 6.74. The Bertz CT molecular complexity index is 617. The summed E-state index contributed by atoms with van der Waals surface area (Å²) in [5, 5.41) is 11.9. The van der Waals surface area contributed by atoms with Gasteiger partial charge >= 0.3 is 0 Å². The maximum absolute atomic E-state index is 12.0. The summed E-state index contributed by atoms with van der Waals surface area (Å²) >= 11 is 1.45. The third kappa shape index (κ3) is 3.83. The van der Waals surface area contributed by atoms with Crippen molar-refractivity contribution in [3.63, 3.8) is 0 Å². The van der Waals surface area contributed by atoms with Crippen LogP contribution in [0.15, 0.2) is 30.3 Å². The lowest BCUT2D eigenvalue weighted by Crippen LogP contribution is -2.29. The molecule has 1 aromatic heterocycles. The number of benzene rings is 1. The van der Waals surface area contributed by atoms with E-state index in [2.05, 4.69) is 5.32 Å². The van der Waals surface area contributed by atoms with Gasteiger partial charge in [0.25, 0.3) is 5.91 Å². The molecule has 0 bridgehead atoms.